The zero-order valence-electron chi connectivity index (χ0n) is 7.56. The SMILES string of the molecule is Cc1ccc(Br)cc1C(F)CCN. The number of hydrogen-bond acceptors (Lipinski definition) is 1. The van der Waals surface area contributed by atoms with E-state index in [0.717, 1.165) is 15.6 Å². The molecule has 1 unspecified atom stereocenters. The molecule has 0 bridgehead atoms. The van der Waals surface area contributed by atoms with E-state index in [0.29, 0.717) is 13.0 Å². The van der Waals surface area contributed by atoms with E-state index in [9.17, 15) is 4.39 Å². The minimum Gasteiger partial charge on any atom is -0.330 e. The van der Waals surface area contributed by atoms with E-state index >= 15 is 0 Å². The Bertz CT molecular complexity index is 288. The molecule has 0 fully saturated rings. The van der Waals surface area contributed by atoms with Crippen molar-refractivity contribution in [3.05, 3.63) is 33.8 Å². The van der Waals surface area contributed by atoms with Gasteiger partial charge in [0.25, 0.3) is 0 Å². The lowest BCUT2D eigenvalue weighted by Gasteiger charge is -2.10. The normalized spacial score (nSPS) is 12.9. The number of alkyl halides is 1. The van der Waals surface area contributed by atoms with Crippen LogP contribution in [0.1, 0.15) is 23.7 Å². The smallest absolute Gasteiger partial charge is 0.127 e. The first kappa shape index (κ1) is 10.7. The van der Waals surface area contributed by atoms with Crippen LogP contribution < -0.4 is 5.73 Å². The van der Waals surface area contributed by atoms with Gasteiger partial charge in [0.1, 0.15) is 6.17 Å². The number of benzene rings is 1. The fourth-order valence-corrected chi connectivity index (χ4v) is 1.63. The third-order valence-corrected chi connectivity index (χ3v) is 2.49. The molecule has 0 heterocycles. The molecule has 0 aliphatic carbocycles. The average Bonchev–Trinajstić information content (AvgIpc) is 2.09. The van der Waals surface area contributed by atoms with Crippen LogP contribution in [0.2, 0.25) is 0 Å². The standard InChI is InChI=1S/C10H13BrFN/c1-7-2-3-8(11)6-9(7)10(12)4-5-13/h2-3,6,10H,4-5,13H2,1H3. The lowest BCUT2D eigenvalue weighted by Crippen LogP contribution is -2.04. The Labute approximate surface area is 86.3 Å². The van der Waals surface area contributed by atoms with Gasteiger partial charge in [-0.05, 0) is 43.1 Å². The van der Waals surface area contributed by atoms with E-state index in [1.807, 2.05) is 25.1 Å². The Kier molecular flexibility index (Phi) is 3.88. The van der Waals surface area contributed by atoms with Gasteiger partial charge in [-0.1, -0.05) is 22.0 Å². The summed E-state index contributed by atoms with van der Waals surface area (Å²) in [6.07, 6.45) is -0.556. The maximum atomic E-state index is 13.5. The molecule has 0 amide bonds. The van der Waals surface area contributed by atoms with Crippen molar-refractivity contribution in [2.45, 2.75) is 19.5 Å². The zero-order valence-corrected chi connectivity index (χ0v) is 9.14. The van der Waals surface area contributed by atoms with Crippen LogP contribution in [0.4, 0.5) is 4.39 Å². The molecule has 72 valence electrons. The van der Waals surface area contributed by atoms with Crippen LogP contribution >= 0.6 is 15.9 Å². The van der Waals surface area contributed by atoms with Crippen molar-refractivity contribution in [1.29, 1.82) is 0 Å². The van der Waals surface area contributed by atoms with Gasteiger partial charge >= 0.3 is 0 Å². The quantitative estimate of drug-likeness (QED) is 0.871. The molecule has 0 aromatic heterocycles. The highest BCUT2D eigenvalue weighted by Crippen LogP contribution is 2.26. The molecule has 1 aromatic carbocycles. The molecule has 2 N–H and O–H groups in total. The van der Waals surface area contributed by atoms with Crippen molar-refractivity contribution >= 4 is 15.9 Å². The second-order valence-electron chi connectivity index (χ2n) is 3.05. The summed E-state index contributed by atoms with van der Waals surface area (Å²) in [5.74, 6) is 0. The summed E-state index contributed by atoms with van der Waals surface area (Å²) in [5.41, 5.74) is 7.02. The Balaban J connectivity index is 2.91. The number of aryl methyl sites for hydroxylation is 1. The Morgan fingerprint density at radius 3 is 2.85 bits per heavy atom. The molecular weight excluding hydrogens is 233 g/mol. The van der Waals surface area contributed by atoms with E-state index in [4.69, 9.17) is 5.73 Å². The Morgan fingerprint density at radius 1 is 1.54 bits per heavy atom. The first-order chi connectivity index (χ1) is 6.15. The molecule has 1 aromatic rings. The van der Waals surface area contributed by atoms with Crippen LogP contribution in [0.15, 0.2) is 22.7 Å². The van der Waals surface area contributed by atoms with Gasteiger partial charge in [0.2, 0.25) is 0 Å². The van der Waals surface area contributed by atoms with Crippen molar-refractivity contribution in [3.63, 3.8) is 0 Å². The van der Waals surface area contributed by atoms with Gasteiger partial charge in [-0.3, -0.25) is 0 Å². The van der Waals surface area contributed by atoms with E-state index < -0.39 is 6.17 Å². The third-order valence-electron chi connectivity index (χ3n) is 2.00. The molecule has 0 aliphatic rings. The molecular formula is C10H13BrFN. The fourth-order valence-electron chi connectivity index (χ4n) is 1.25. The van der Waals surface area contributed by atoms with Crippen molar-refractivity contribution in [3.8, 4) is 0 Å². The number of rotatable bonds is 3. The van der Waals surface area contributed by atoms with Gasteiger partial charge in [0.05, 0.1) is 0 Å². The maximum Gasteiger partial charge on any atom is 0.127 e. The summed E-state index contributed by atoms with van der Waals surface area (Å²) in [4.78, 5) is 0. The van der Waals surface area contributed by atoms with Crippen molar-refractivity contribution in [2.75, 3.05) is 6.54 Å². The van der Waals surface area contributed by atoms with E-state index in [1.165, 1.54) is 0 Å². The molecule has 0 aliphatic heterocycles. The van der Waals surface area contributed by atoms with Crippen LogP contribution in [0.5, 0.6) is 0 Å². The highest BCUT2D eigenvalue weighted by Gasteiger charge is 2.11. The monoisotopic (exact) mass is 245 g/mol. The minimum atomic E-state index is -0.942. The van der Waals surface area contributed by atoms with Crippen LogP contribution in [0, 0.1) is 6.92 Å². The van der Waals surface area contributed by atoms with Gasteiger partial charge < -0.3 is 5.73 Å². The summed E-state index contributed by atoms with van der Waals surface area (Å²) in [7, 11) is 0. The van der Waals surface area contributed by atoms with Gasteiger partial charge in [0.15, 0.2) is 0 Å². The predicted molar refractivity (Wildman–Crippen MR) is 56.4 cm³/mol. The number of nitrogens with two attached hydrogens (primary N) is 1. The number of hydrogen-bond donors (Lipinski definition) is 1. The zero-order chi connectivity index (χ0) is 9.84. The topological polar surface area (TPSA) is 26.0 Å². The first-order valence-corrected chi connectivity index (χ1v) is 5.04. The second kappa shape index (κ2) is 4.72. The van der Waals surface area contributed by atoms with Crippen molar-refractivity contribution in [2.24, 2.45) is 5.73 Å². The van der Waals surface area contributed by atoms with Crippen LogP contribution in [-0.4, -0.2) is 6.54 Å². The minimum absolute atomic E-state index is 0.382. The van der Waals surface area contributed by atoms with Crippen molar-refractivity contribution in [1.82, 2.24) is 0 Å². The largest absolute Gasteiger partial charge is 0.330 e. The highest BCUT2D eigenvalue weighted by atomic mass is 79.9. The Morgan fingerprint density at radius 2 is 2.23 bits per heavy atom. The van der Waals surface area contributed by atoms with Gasteiger partial charge in [-0.2, -0.15) is 0 Å². The van der Waals surface area contributed by atoms with E-state index in [-0.39, 0.29) is 0 Å². The van der Waals surface area contributed by atoms with Gasteiger partial charge in [-0.15, -0.1) is 0 Å². The summed E-state index contributed by atoms with van der Waals surface area (Å²) in [5, 5.41) is 0. The van der Waals surface area contributed by atoms with Crippen LogP contribution in [0.25, 0.3) is 0 Å². The van der Waals surface area contributed by atoms with Crippen LogP contribution in [0.3, 0.4) is 0 Å². The molecule has 1 rings (SSSR count). The maximum absolute atomic E-state index is 13.5. The fraction of sp³-hybridized carbons (Fsp3) is 0.400. The van der Waals surface area contributed by atoms with Crippen molar-refractivity contribution < 1.29 is 4.39 Å². The molecule has 1 nitrogen and oxygen atoms in total. The molecule has 13 heavy (non-hydrogen) atoms. The lowest BCUT2D eigenvalue weighted by molar-refractivity contribution is 0.326. The molecule has 0 spiro atoms. The first-order valence-electron chi connectivity index (χ1n) is 4.25. The summed E-state index contributed by atoms with van der Waals surface area (Å²) < 4.78 is 14.4. The van der Waals surface area contributed by atoms with E-state index in [1.54, 1.807) is 0 Å². The third kappa shape index (κ3) is 2.78. The molecule has 3 heteroatoms. The summed E-state index contributed by atoms with van der Waals surface area (Å²) >= 11 is 3.32. The predicted octanol–water partition coefficient (Wildman–Crippen LogP) is 3.12. The number of halogens is 2. The van der Waals surface area contributed by atoms with Gasteiger partial charge in [0, 0.05) is 4.47 Å². The molecule has 0 radical (unpaired) electrons. The molecule has 1 atom stereocenters. The summed E-state index contributed by atoms with van der Waals surface area (Å²) in [6, 6.07) is 5.63. The van der Waals surface area contributed by atoms with Gasteiger partial charge in [-0.25, -0.2) is 4.39 Å². The van der Waals surface area contributed by atoms with E-state index in [2.05, 4.69) is 15.9 Å². The lowest BCUT2D eigenvalue weighted by atomic mass is 10.0. The molecule has 0 saturated carbocycles. The Hall–Kier alpha value is -0.410. The summed E-state index contributed by atoms with van der Waals surface area (Å²) in [6.45, 7) is 2.29. The second-order valence-corrected chi connectivity index (χ2v) is 3.96. The molecule has 0 saturated heterocycles. The van der Waals surface area contributed by atoms with Crippen LogP contribution in [-0.2, 0) is 0 Å². The average molecular weight is 246 g/mol. The highest BCUT2D eigenvalue weighted by molar-refractivity contribution is 9.10.